The van der Waals surface area contributed by atoms with Gasteiger partial charge in [0, 0.05) is 0 Å². The second-order valence-electron chi connectivity index (χ2n) is 6.42. The topological polar surface area (TPSA) is 95.9 Å². The zero-order valence-electron chi connectivity index (χ0n) is 12.4. The van der Waals surface area contributed by atoms with Crippen LogP contribution in [0.25, 0.3) is 0 Å². The van der Waals surface area contributed by atoms with Crippen LogP contribution in [0.2, 0.25) is 0 Å². The van der Waals surface area contributed by atoms with Gasteiger partial charge in [-0.05, 0) is 33.1 Å². The molecule has 1 fully saturated rings. The van der Waals surface area contributed by atoms with Crippen molar-refractivity contribution in [3.05, 3.63) is 0 Å². The van der Waals surface area contributed by atoms with Gasteiger partial charge >= 0.3 is 12.1 Å². The molecule has 3 N–H and O–H groups in total. The number of hydrogen-bond donors (Lipinski definition) is 3. The van der Waals surface area contributed by atoms with E-state index < -0.39 is 29.8 Å². The molecule has 0 radical (unpaired) electrons. The van der Waals surface area contributed by atoms with Gasteiger partial charge in [-0.15, -0.1) is 0 Å². The number of aliphatic carboxylic acids is 1. The molecule has 0 bridgehead atoms. The maximum atomic E-state index is 11.7. The van der Waals surface area contributed by atoms with Gasteiger partial charge in [-0.2, -0.15) is 0 Å². The van der Waals surface area contributed by atoms with Gasteiger partial charge in [-0.25, -0.2) is 9.59 Å². The molecule has 1 saturated carbocycles. The number of hydrogen-bond acceptors (Lipinski definition) is 4. The Hall–Kier alpha value is -1.30. The number of aliphatic hydroxyl groups excluding tert-OH is 1. The molecule has 2 atom stereocenters. The van der Waals surface area contributed by atoms with Crippen LogP contribution in [0.5, 0.6) is 0 Å². The molecule has 0 saturated heterocycles. The van der Waals surface area contributed by atoms with Gasteiger partial charge in [0.15, 0.2) is 6.10 Å². The minimum atomic E-state index is -1.61. The molecule has 1 aliphatic rings. The number of carboxylic acid groups (broad SMARTS) is 1. The van der Waals surface area contributed by atoms with Crippen LogP contribution in [0.1, 0.15) is 52.9 Å². The number of amides is 1. The number of alkyl carbamates (subject to hydrolysis) is 1. The fraction of sp³-hybridized carbons (Fsp3) is 0.857. The van der Waals surface area contributed by atoms with Gasteiger partial charge in [-0.1, -0.05) is 25.7 Å². The van der Waals surface area contributed by atoms with E-state index in [1.165, 1.54) is 0 Å². The van der Waals surface area contributed by atoms with Crippen LogP contribution in [0, 0.1) is 5.92 Å². The Labute approximate surface area is 119 Å². The minimum Gasteiger partial charge on any atom is -0.479 e. The van der Waals surface area contributed by atoms with Gasteiger partial charge in [0.05, 0.1) is 6.04 Å². The lowest BCUT2D eigenvalue weighted by Gasteiger charge is -2.26. The summed E-state index contributed by atoms with van der Waals surface area (Å²) in [6.07, 6.45) is 2.42. The molecule has 0 aromatic rings. The van der Waals surface area contributed by atoms with E-state index in [9.17, 15) is 14.7 Å². The van der Waals surface area contributed by atoms with Crippen molar-refractivity contribution >= 4 is 12.1 Å². The minimum absolute atomic E-state index is 0.351. The molecule has 0 spiro atoms. The zero-order chi connectivity index (χ0) is 15.3. The highest BCUT2D eigenvalue weighted by Gasteiger charge is 2.32. The number of carboxylic acids is 1. The second-order valence-corrected chi connectivity index (χ2v) is 6.42. The average Bonchev–Trinajstić information content (AvgIpc) is 2.77. The number of aliphatic hydroxyl groups is 1. The number of carbonyl (C=O) groups is 2. The third kappa shape index (κ3) is 5.77. The monoisotopic (exact) mass is 287 g/mol. The lowest BCUT2D eigenvalue weighted by atomic mass is 9.95. The predicted molar refractivity (Wildman–Crippen MR) is 73.4 cm³/mol. The molecule has 116 valence electrons. The van der Waals surface area contributed by atoms with E-state index in [2.05, 4.69) is 5.32 Å². The molecular weight excluding hydrogens is 262 g/mol. The average molecular weight is 287 g/mol. The predicted octanol–water partition coefficient (Wildman–Crippen LogP) is 1.91. The molecule has 2 unspecified atom stereocenters. The van der Waals surface area contributed by atoms with Gasteiger partial charge in [-0.3, -0.25) is 0 Å². The van der Waals surface area contributed by atoms with E-state index >= 15 is 0 Å². The second kappa shape index (κ2) is 6.92. The molecule has 0 heterocycles. The van der Waals surface area contributed by atoms with E-state index in [0.29, 0.717) is 12.3 Å². The Bertz CT molecular complexity index is 344. The van der Waals surface area contributed by atoms with E-state index in [-0.39, 0.29) is 0 Å². The van der Waals surface area contributed by atoms with Crippen LogP contribution in [-0.4, -0.2) is 40.0 Å². The quantitative estimate of drug-likeness (QED) is 0.717. The van der Waals surface area contributed by atoms with Crippen molar-refractivity contribution in [1.29, 1.82) is 0 Å². The number of nitrogens with one attached hydrogen (secondary N) is 1. The first kappa shape index (κ1) is 16.8. The first-order valence-electron chi connectivity index (χ1n) is 7.09. The van der Waals surface area contributed by atoms with Crippen LogP contribution < -0.4 is 5.32 Å². The van der Waals surface area contributed by atoms with Crippen LogP contribution in [0.4, 0.5) is 4.79 Å². The van der Waals surface area contributed by atoms with E-state index in [1.54, 1.807) is 20.8 Å². The van der Waals surface area contributed by atoms with Crippen molar-refractivity contribution in [3.63, 3.8) is 0 Å². The van der Waals surface area contributed by atoms with E-state index in [0.717, 1.165) is 25.7 Å². The molecule has 0 aromatic carbocycles. The fourth-order valence-corrected chi connectivity index (χ4v) is 2.50. The first-order valence-corrected chi connectivity index (χ1v) is 7.09. The van der Waals surface area contributed by atoms with Crippen molar-refractivity contribution in [3.8, 4) is 0 Å². The van der Waals surface area contributed by atoms with E-state index in [1.807, 2.05) is 0 Å². The van der Waals surface area contributed by atoms with Crippen LogP contribution in [0.15, 0.2) is 0 Å². The molecule has 1 aliphatic carbocycles. The molecule has 0 aliphatic heterocycles. The Morgan fingerprint density at radius 1 is 1.30 bits per heavy atom. The summed E-state index contributed by atoms with van der Waals surface area (Å²) >= 11 is 0. The summed E-state index contributed by atoms with van der Waals surface area (Å²) in [5.74, 6) is -0.979. The lowest BCUT2D eigenvalue weighted by Crippen LogP contribution is -2.49. The molecule has 6 nitrogen and oxygen atoms in total. The van der Waals surface area contributed by atoms with Crippen molar-refractivity contribution in [2.24, 2.45) is 5.92 Å². The maximum absolute atomic E-state index is 11.7. The molecule has 6 heteroatoms. The third-order valence-corrected chi connectivity index (χ3v) is 3.40. The Morgan fingerprint density at radius 3 is 2.30 bits per heavy atom. The normalized spacial score (nSPS) is 19.4. The fourth-order valence-electron chi connectivity index (χ4n) is 2.50. The number of carbonyl (C=O) groups excluding carboxylic acids is 1. The lowest BCUT2D eigenvalue weighted by molar-refractivity contribution is -0.148. The zero-order valence-corrected chi connectivity index (χ0v) is 12.4. The Balaban J connectivity index is 2.61. The SMILES string of the molecule is CC(C)(C)OC(=O)NC(CC1CCCC1)C(O)C(=O)O. The molecule has 1 rings (SSSR count). The van der Waals surface area contributed by atoms with Gasteiger partial charge in [0.25, 0.3) is 0 Å². The Kier molecular flexibility index (Phi) is 5.80. The summed E-state index contributed by atoms with van der Waals surface area (Å²) in [7, 11) is 0. The summed E-state index contributed by atoms with van der Waals surface area (Å²) in [6.45, 7) is 5.19. The van der Waals surface area contributed by atoms with Crippen LogP contribution >= 0.6 is 0 Å². The van der Waals surface area contributed by atoms with Crippen molar-refractivity contribution in [2.45, 2.75) is 70.6 Å². The van der Waals surface area contributed by atoms with Gasteiger partial charge in [0.1, 0.15) is 5.60 Å². The highest BCUT2D eigenvalue weighted by Crippen LogP contribution is 2.29. The summed E-state index contributed by atoms with van der Waals surface area (Å²) in [5.41, 5.74) is -0.657. The summed E-state index contributed by atoms with van der Waals surface area (Å²) < 4.78 is 5.11. The Morgan fingerprint density at radius 2 is 1.85 bits per heavy atom. The summed E-state index contributed by atoms with van der Waals surface area (Å²) in [5, 5.41) is 21.1. The van der Waals surface area contributed by atoms with Gasteiger partial charge in [0.2, 0.25) is 0 Å². The highest BCUT2D eigenvalue weighted by atomic mass is 16.6. The van der Waals surface area contributed by atoms with Crippen LogP contribution in [-0.2, 0) is 9.53 Å². The molecular formula is C14H25NO5. The largest absolute Gasteiger partial charge is 0.479 e. The molecule has 1 amide bonds. The smallest absolute Gasteiger partial charge is 0.407 e. The molecule has 0 aromatic heterocycles. The molecule has 20 heavy (non-hydrogen) atoms. The van der Waals surface area contributed by atoms with Crippen LogP contribution in [0.3, 0.4) is 0 Å². The third-order valence-electron chi connectivity index (χ3n) is 3.40. The summed E-state index contributed by atoms with van der Waals surface area (Å²) in [4.78, 5) is 22.7. The maximum Gasteiger partial charge on any atom is 0.407 e. The highest BCUT2D eigenvalue weighted by molar-refractivity contribution is 5.75. The van der Waals surface area contributed by atoms with Crippen molar-refractivity contribution in [2.75, 3.05) is 0 Å². The van der Waals surface area contributed by atoms with Crippen molar-refractivity contribution in [1.82, 2.24) is 5.32 Å². The summed E-state index contributed by atoms with van der Waals surface area (Å²) in [6, 6.07) is -0.814. The van der Waals surface area contributed by atoms with Crippen molar-refractivity contribution < 1.29 is 24.5 Å². The standard InChI is InChI=1S/C14H25NO5/c1-14(2,3)20-13(19)15-10(11(16)12(17)18)8-9-6-4-5-7-9/h9-11,16H,4-8H2,1-3H3,(H,15,19)(H,17,18). The van der Waals surface area contributed by atoms with Gasteiger partial charge < -0.3 is 20.3 Å². The number of rotatable bonds is 5. The van der Waals surface area contributed by atoms with E-state index in [4.69, 9.17) is 9.84 Å². The number of ether oxygens (including phenoxy) is 1. The first-order chi connectivity index (χ1) is 9.19.